The summed E-state index contributed by atoms with van der Waals surface area (Å²) in [5, 5.41) is 2.73. The maximum absolute atomic E-state index is 11.8. The zero-order chi connectivity index (χ0) is 13.5. The van der Waals surface area contributed by atoms with Gasteiger partial charge in [-0.1, -0.05) is 13.8 Å². The van der Waals surface area contributed by atoms with Crippen molar-refractivity contribution in [2.75, 3.05) is 11.9 Å². The van der Waals surface area contributed by atoms with E-state index in [-0.39, 0.29) is 5.91 Å². The molecular formula is C13H21N3O2. The Balaban J connectivity index is 2.53. The zero-order valence-corrected chi connectivity index (χ0v) is 11.1. The molecule has 0 aliphatic rings. The molecule has 0 aliphatic carbocycles. The third-order valence-corrected chi connectivity index (χ3v) is 2.36. The van der Waals surface area contributed by atoms with Gasteiger partial charge >= 0.3 is 0 Å². The lowest BCUT2D eigenvalue weighted by molar-refractivity contribution is -0.117. The van der Waals surface area contributed by atoms with E-state index in [9.17, 15) is 4.79 Å². The van der Waals surface area contributed by atoms with Crippen molar-refractivity contribution in [2.45, 2.75) is 33.2 Å². The predicted molar refractivity (Wildman–Crippen MR) is 71.5 cm³/mol. The summed E-state index contributed by atoms with van der Waals surface area (Å²) in [4.78, 5) is 15.8. The van der Waals surface area contributed by atoms with Gasteiger partial charge in [-0.15, -0.1) is 0 Å². The van der Waals surface area contributed by atoms with Crippen LogP contribution in [0.5, 0.6) is 5.88 Å². The van der Waals surface area contributed by atoms with E-state index in [2.05, 4.69) is 10.3 Å². The fourth-order valence-corrected chi connectivity index (χ4v) is 1.54. The Labute approximate surface area is 108 Å². The minimum absolute atomic E-state index is 0.186. The summed E-state index contributed by atoms with van der Waals surface area (Å²) >= 11 is 0. The molecule has 1 unspecified atom stereocenters. The van der Waals surface area contributed by atoms with Crippen LogP contribution in [0.15, 0.2) is 18.3 Å². The highest BCUT2D eigenvalue weighted by Gasteiger charge is 2.15. The molecule has 0 bridgehead atoms. The highest BCUT2D eigenvalue weighted by atomic mass is 16.5. The normalized spacial score (nSPS) is 12.3. The zero-order valence-electron chi connectivity index (χ0n) is 11.1. The number of nitrogens with zero attached hydrogens (tertiary/aromatic N) is 1. The van der Waals surface area contributed by atoms with Crippen molar-refractivity contribution in [1.29, 1.82) is 0 Å². The molecule has 0 fully saturated rings. The fraction of sp³-hybridized carbons (Fsp3) is 0.538. The molecule has 1 aromatic heterocycles. The maximum Gasteiger partial charge on any atom is 0.241 e. The van der Waals surface area contributed by atoms with Crippen LogP contribution in [0.3, 0.4) is 0 Å². The van der Waals surface area contributed by atoms with Gasteiger partial charge < -0.3 is 15.8 Å². The van der Waals surface area contributed by atoms with E-state index in [1.165, 1.54) is 0 Å². The monoisotopic (exact) mass is 251 g/mol. The first-order valence-electron chi connectivity index (χ1n) is 6.18. The van der Waals surface area contributed by atoms with E-state index in [1.807, 2.05) is 20.8 Å². The van der Waals surface area contributed by atoms with Crippen LogP contribution in [-0.2, 0) is 4.79 Å². The van der Waals surface area contributed by atoms with E-state index < -0.39 is 6.04 Å². The van der Waals surface area contributed by atoms with Gasteiger partial charge in [0.15, 0.2) is 0 Å². The largest absolute Gasteiger partial charge is 0.478 e. The molecule has 0 spiro atoms. The predicted octanol–water partition coefficient (Wildman–Crippen LogP) is 1.79. The summed E-state index contributed by atoms with van der Waals surface area (Å²) in [6.45, 7) is 6.53. The Kier molecular flexibility index (Phi) is 5.58. The molecule has 0 saturated carbocycles. The van der Waals surface area contributed by atoms with E-state index in [1.54, 1.807) is 18.3 Å². The Bertz CT molecular complexity index is 376. The molecule has 0 aliphatic heterocycles. The lowest BCUT2D eigenvalue weighted by Crippen LogP contribution is -2.36. The van der Waals surface area contributed by atoms with E-state index >= 15 is 0 Å². The second kappa shape index (κ2) is 6.96. The molecule has 0 aromatic carbocycles. The van der Waals surface area contributed by atoms with Gasteiger partial charge in [0.05, 0.1) is 24.5 Å². The van der Waals surface area contributed by atoms with Gasteiger partial charge in [-0.2, -0.15) is 0 Å². The second-order valence-corrected chi connectivity index (χ2v) is 4.54. The van der Waals surface area contributed by atoms with Gasteiger partial charge in [0, 0.05) is 6.07 Å². The van der Waals surface area contributed by atoms with Crippen molar-refractivity contribution in [3.63, 3.8) is 0 Å². The molecule has 0 radical (unpaired) electrons. The number of aromatic nitrogens is 1. The average Bonchev–Trinajstić information content (AvgIpc) is 2.31. The smallest absolute Gasteiger partial charge is 0.241 e. The van der Waals surface area contributed by atoms with Gasteiger partial charge in [0.25, 0.3) is 0 Å². The second-order valence-electron chi connectivity index (χ2n) is 4.54. The Morgan fingerprint density at radius 2 is 2.22 bits per heavy atom. The van der Waals surface area contributed by atoms with Crippen LogP contribution in [0, 0.1) is 5.92 Å². The first-order valence-corrected chi connectivity index (χ1v) is 6.18. The van der Waals surface area contributed by atoms with Crippen molar-refractivity contribution in [1.82, 2.24) is 4.98 Å². The average molecular weight is 251 g/mol. The number of carbonyl (C=O) groups is 1. The fourth-order valence-electron chi connectivity index (χ4n) is 1.54. The molecule has 1 aromatic rings. The standard InChI is InChI=1S/C13H21N3O2/c1-4-18-12-6-5-10(8-15-12)16-13(17)11(14)7-9(2)3/h5-6,8-9,11H,4,7,14H2,1-3H3,(H,16,17). The first kappa shape index (κ1) is 14.4. The van der Waals surface area contributed by atoms with Crippen molar-refractivity contribution < 1.29 is 9.53 Å². The molecule has 1 amide bonds. The van der Waals surface area contributed by atoms with Crippen molar-refractivity contribution in [3.8, 4) is 5.88 Å². The highest BCUT2D eigenvalue weighted by Crippen LogP contribution is 2.12. The van der Waals surface area contributed by atoms with E-state index in [0.29, 0.717) is 30.5 Å². The van der Waals surface area contributed by atoms with Crippen LogP contribution in [0.25, 0.3) is 0 Å². The number of ether oxygens (including phenoxy) is 1. The molecule has 0 saturated heterocycles. The van der Waals surface area contributed by atoms with Crippen LogP contribution in [0.4, 0.5) is 5.69 Å². The summed E-state index contributed by atoms with van der Waals surface area (Å²) in [6, 6.07) is 2.97. The molecular weight excluding hydrogens is 230 g/mol. The topological polar surface area (TPSA) is 77.2 Å². The number of hydrogen-bond donors (Lipinski definition) is 2. The summed E-state index contributed by atoms with van der Waals surface area (Å²) in [6.07, 6.45) is 2.22. The Morgan fingerprint density at radius 1 is 1.50 bits per heavy atom. The molecule has 1 heterocycles. The number of nitrogens with two attached hydrogens (primary N) is 1. The molecule has 18 heavy (non-hydrogen) atoms. The Morgan fingerprint density at radius 3 is 2.72 bits per heavy atom. The summed E-state index contributed by atoms with van der Waals surface area (Å²) in [7, 11) is 0. The lowest BCUT2D eigenvalue weighted by atomic mass is 10.0. The van der Waals surface area contributed by atoms with Crippen molar-refractivity contribution >= 4 is 11.6 Å². The van der Waals surface area contributed by atoms with E-state index in [4.69, 9.17) is 10.5 Å². The van der Waals surface area contributed by atoms with Gasteiger partial charge in [-0.3, -0.25) is 4.79 Å². The van der Waals surface area contributed by atoms with Gasteiger partial charge in [-0.25, -0.2) is 4.98 Å². The third-order valence-electron chi connectivity index (χ3n) is 2.36. The lowest BCUT2D eigenvalue weighted by Gasteiger charge is -2.14. The Hall–Kier alpha value is -1.62. The number of pyridine rings is 1. The number of nitrogens with one attached hydrogen (secondary N) is 1. The first-order chi connectivity index (χ1) is 8.52. The number of carbonyl (C=O) groups excluding carboxylic acids is 1. The molecule has 100 valence electrons. The van der Waals surface area contributed by atoms with Gasteiger partial charge in [-0.05, 0) is 25.3 Å². The number of hydrogen-bond acceptors (Lipinski definition) is 4. The van der Waals surface area contributed by atoms with Gasteiger partial charge in [0.2, 0.25) is 11.8 Å². The van der Waals surface area contributed by atoms with Crippen molar-refractivity contribution in [3.05, 3.63) is 18.3 Å². The molecule has 1 rings (SSSR count). The van der Waals surface area contributed by atoms with E-state index in [0.717, 1.165) is 0 Å². The van der Waals surface area contributed by atoms with Crippen molar-refractivity contribution in [2.24, 2.45) is 11.7 Å². The molecule has 1 atom stereocenters. The van der Waals surface area contributed by atoms with Crippen LogP contribution >= 0.6 is 0 Å². The van der Waals surface area contributed by atoms with Crippen LogP contribution in [0.2, 0.25) is 0 Å². The van der Waals surface area contributed by atoms with Crippen LogP contribution in [-0.4, -0.2) is 23.5 Å². The SMILES string of the molecule is CCOc1ccc(NC(=O)C(N)CC(C)C)cn1. The number of anilines is 1. The molecule has 5 nitrogen and oxygen atoms in total. The van der Waals surface area contributed by atoms with Crippen LogP contribution in [0.1, 0.15) is 27.2 Å². The number of rotatable bonds is 6. The summed E-state index contributed by atoms with van der Waals surface area (Å²) in [5.41, 5.74) is 6.41. The molecule has 5 heteroatoms. The maximum atomic E-state index is 11.8. The summed E-state index contributed by atoms with van der Waals surface area (Å²) < 4.78 is 5.22. The highest BCUT2D eigenvalue weighted by molar-refractivity contribution is 5.94. The molecule has 3 N–H and O–H groups in total. The quantitative estimate of drug-likeness (QED) is 0.808. The number of amides is 1. The van der Waals surface area contributed by atoms with Crippen LogP contribution < -0.4 is 15.8 Å². The third kappa shape index (κ3) is 4.71. The summed E-state index contributed by atoms with van der Waals surface area (Å²) in [5.74, 6) is 0.751. The minimum Gasteiger partial charge on any atom is -0.478 e. The minimum atomic E-state index is -0.489. The van der Waals surface area contributed by atoms with Gasteiger partial charge in [0.1, 0.15) is 0 Å².